The van der Waals surface area contributed by atoms with E-state index in [-0.39, 0.29) is 11.3 Å². The van der Waals surface area contributed by atoms with Crippen LogP contribution in [-0.4, -0.2) is 11.0 Å². The molecule has 0 atom stereocenters. The van der Waals surface area contributed by atoms with E-state index in [1.54, 1.807) is 17.4 Å². The molecule has 0 bridgehead atoms. The fourth-order valence-electron chi connectivity index (χ4n) is 1.94. The zero-order chi connectivity index (χ0) is 14.1. The van der Waals surface area contributed by atoms with Crippen molar-refractivity contribution in [3.8, 4) is 5.75 Å². The average molecular weight is 287 g/mol. The van der Waals surface area contributed by atoms with E-state index < -0.39 is 11.7 Å². The van der Waals surface area contributed by atoms with Crippen molar-refractivity contribution >= 4 is 33.0 Å². The predicted octanol–water partition coefficient (Wildman–Crippen LogP) is 4.00. The lowest BCUT2D eigenvalue weighted by molar-refractivity contribution is 0.102. The van der Waals surface area contributed by atoms with Crippen LogP contribution in [0.5, 0.6) is 5.75 Å². The highest BCUT2D eigenvalue weighted by atomic mass is 32.1. The first kappa shape index (κ1) is 12.6. The summed E-state index contributed by atoms with van der Waals surface area (Å²) in [5, 5.41) is 15.3. The Morgan fingerprint density at radius 2 is 2.00 bits per heavy atom. The van der Waals surface area contributed by atoms with Gasteiger partial charge in [-0.3, -0.25) is 4.79 Å². The van der Waals surface area contributed by atoms with Crippen LogP contribution in [0.4, 0.5) is 10.1 Å². The Kier molecular flexibility index (Phi) is 3.12. The van der Waals surface area contributed by atoms with Crippen LogP contribution >= 0.6 is 11.3 Å². The van der Waals surface area contributed by atoms with Crippen LogP contribution in [0.2, 0.25) is 0 Å². The van der Waals surface area contributed by atoms with Crippen molar-refractivity contribution in [2.24, 2.45) is 0 Å². The predicted molar refractivity (Wildman–Crippen MR) is 77.8 cm³/mol. The Hall–Kier alpha value is -2.40. The number of phenols is 1. The third-order valence-electron chi connectivity index (χ3n) is 2.91. The van der Waals surface area contributed by atoms with Crippen LogP contribution < -0.4 is 5.32 Å². The lowest BCUT2D eigenvalue weighted by Crippen LogP contribution is -2.12. The number of nitrogens with one attached hydrogen (secondary N) is 1. The van der Waals surface area contributed by atoms with Crippen molar-refractivity contribution in [1.29, 1.82) is 0 Å². The highest BCUT2D eigenvalue weighted by Crippen LogP contribution is 2.25. The maximum absolute atomic E-state index is 12.9. The third kappa shape index (κ3) is 2.35. The minimum absolute atomic E-state index is 0.0387. The molecule has 2 N–H and O–H groups in total. The number of carbonyl (C=O) groups is 1. The van der Waals surface area contributed by atoms with Gasteiger partial charge in [-0.15, -0.1) is 11.3 Å². The number of fused-ring (bicyclic) bond motifs is 1. The summed E-state index contributed by atoms with van der Waals surface area (Å²) in [6, 6.07) is 10.8. The molecule has 1 aromatic heterocycles. The van der Waals surface area contributed by atoms with Gasteiger partial charge in [-0.05, 0) is 47.2 Å². The second-order valence-corrected chi connectivity index (χ2v) is 5.24. The number of phenolic OH excluding ortho intramolecular Hbond substituents is 1. The van der Waals surface area contributed by atoms with Gasteiger partial charge in [-0.2, -0.15) is 0 Å². The van der Waals surface area contributed by atoms with E-state index in [1.807, 2.05) is 23.6 Å². The maximum atomic E-state index is 12.9. The maximum Gasteiger partial charge on any atom is 0.259 e. The fourth-order valence-corrected chi connectivity index (χ4v) is 2.71. The standard InChI is InChI=1S/C15H10FNO2S/c16-10-1-3-12(13(18)8-10)15(19)17-11-2-4-14-9(7-11)5-6-20-14/h1-8,18H,(H,17,19). The largest absolute Gasteiger partial charge is 0.507 e. The Morgan fingerprint density at radius 3 is 2.80 bits per heavy atom. The van der Waals surface area contributed by atoms with Crippen molar-refractivity contribution in [3.63, 3.8) is 0 Å². The first-order valence-electron chi connectivity index (χ1n) is 5.90. The van der Waals surface area contributed by atoms with Gasteiger partial charge in [0, 0.05) is 16.5 Å². The fraction of sp³-hybridized carbons (Fsp3) is 0. The molecule has 5 heteroatoms. The van der Waals surface area contributed by atoms with E-state index in [0.29, 0.717) is 5.69 Å². The molecule has 20 heavy (non-hydrogen) atoms. The van der Waals surface area contributed by atoms with Gasteiger partial charge in [-0.1, -0.05) is 0 Å². The summed E-state index contributed by atoms with van der Waals surface area (Å²) in [5.41, 5.74) is 0.668. The number of benzene rings is 2. The van der Waals surface area contributed by atoms with Crippen LogP contribution in [0.15, 0.2) is 47.8 Å². The minimum Gasteiger partial charge on any atom is -0.507 e. The molecule has 0 aliphatic rings. The summed E-state index contributed by atoms with van der Waals surface area (Å²) in [5.74, 6) is -1.44. The van der Waals surface area contributed by atoms with Crippen molar-refractivity contribution in [3.05, 3.63) is 59.2 Å². The van der Waals surface area contributed by atoms with Crippen molar-refractivity contribution in [1.82, 2.24) is 0 Å². The van der Waals surface area contributed by atoms with Crippen LogP contribution in [0.25, 0.3) is 10.1 Å². The smallest absolute Gasteiger partial charge is 0.259 e. The molecule has 0 aliphatic heterocycles. The molecule has 100 valence electrons. The van der Waals surface area contributed by atoms with Gasteiger partial charge in [0.25, 0.3) is 5.91 Å². The minimum atomic E-state index is -0.584. The summed E-state index contributed by atoms with van der Waals surface area (Å²) in [4.78, 5) is 12.0. The number of amides is 1. The third-order valence-corrected chi connectivity index (χ3v) is 3.81. The highest BCUT2D eigenvalue weighted by molar-refractivity contribution is 7.17. The molecular formula is C15H10FNO2S. The van der Waals surface area contributed by atoms with Crippen LogP contribution in [-0.2, 0) is 0 Å². The first-order valence-corrected chi connectivity index (χ1v) is 6.78. The molecule has 0 spiro atoms. The zero-order valence-electron chi connectivity index (χ0n) is 10.3. The number of hydrogen-bond acceptors (Lipinski definition) is 3. The monoisotopic (exact) mass is 287 g/mol. The number of halogens is 1. The average Bonchev–Trinajstić information content (AvgIpc) is 2.85. The van der Waals surface area contributed by atoms with Gasteiger partial charge in [0.15, 0.2) is 0 Å². The number of hydrogen-bond donors (Lipinski definition) is 2. The van der Waals surface area contributed by atoms with E-state index in [0.717, 1.165) is 22.2 Å². The molecule has 1 heterocycles. The molecule has 3 nitrogen and oxygen atoms in total. The number of anilines is 1. The van der Waals surface area contributed by atoms with E-state index in [1.165, 1.54) is 6.07 Å². The lowest BCUT2D eigenvalue weighted by Gasteiger charge is -2.07. The van der Waals surface area contributed by atoms with Crippen molar-refractivity contribution in [2.75, 3.05) is 5.32 Å². The molecule has 3 rings (SSSR count). The van der Waals surface area contributed by atoms with E-state index in [4.69, 9.17) is 0 Å². The first-order chi connectivity index (χ1) is 9.63. The van der Waals surface area contributed by atoms with Gasteiger partial charge in [0.1, 0.15) is 11.6 Å². The summed E-state index contributed by atoms with van der Waals surface area (Å²) in [7, 11) is 0. The van der Waals surface area contributed by atoms with Gasteiger partial charge < -0.3 is 10.4 Å². The summed E-state index contributed by atoms with van der Waals surface area (Å²) in [6.45, 7) is 0. The second-order valence-electron chi connectivity index (χ2n) is 4.29. The molecule has 1 amide bonds. The number of thiophene rings is 1. The normalized spacial score (nSPS) is 10.7. The number of rotatable bonds is 2. The SMILES string of the molecule is O=C(Nc1ccc2sccc2c1)c1ccc(F)cc1O. The van der Waals surface area contributed by atoms with Gasteiger partial charge in [0.2, 0.25) is 0 Å². The van der Waals surface area contributed by atoms with Crippen molar-refractivity contribution < 1.29 is 14.3 Å². The number of carbonyl (C=O) groups excluding carboxylic acids is 1. The Balaban J connectivity index is 1.87. The zero-order valence-corrected chi connectivity index (χ0v) is 11.1. The van der Waals surface area contributed by atoms with E-state index >= 15 is 0 Å². The Morgan fingerprint density at radius 1 is 1.15 bits per heavy atom. The molecular weight excluding hydrogens is 277 g/mol. The Bertz CT molecular complexity index is 797. The van der Waals surface area contributed by atoms with Gasteiger partial charge >= 0.3 is 0 Å². The summed E-state index contributed by atoms with van der Waals surface area (Å²) in [6.07, 6.45) is 0. The molecule has 3 aromatic rings. The van der Waals surface area contributed by atoms with Crippen LogP contribution in [0, 0.1) is 5.82 Å². The molecule has 2 aromatic carbocycles. The van der Waals surface area contributed by atoms with Gasteiger partial charge in [0.05, 0.1) is 5.56 Å². The lowest BCUT2D eigenvalue weighted by atomic mass is 10.1. The molecule has 0 saturated carbocycles. The van der Waals surface area contributed by atoms with Gasteiger partial charge in [-0.25, -0.2) is 4.39 Å². The summed E-state index contributed by atoms with van der Waals surface area (Å²) >= 11 is 1.62. The molecule has 0 radical (unpaired) electrons. The van der Waals surface area contributed by atoms with E-state index in [2.05, 4.69) is 5.32 Å². The number of aromatic hydroxyl groups is 1. The molecule has 0 unspecified atom stereocenters. The van der Waals surface area contributed by atoms with Crippen molar-refractivity contribution in [2.45, 2.75) is 0 Å². The quantitative estimate of drug-likeness (QED) is 0.748. The summed E-state index contributed by atoms with van der Waals surface area (Å²) < 4.78 is 14.0. The second kappa shape index (κ2) is 4.94. The Labute approximate surface area is 118 Å². The van der Waals surface area contributed by atoms with E-state index in [9.17, 15) is 14.3 Å². The van der Waals surface area contributed by atoms with Crippen LogP contribution in [0.1, 0.15) is 10.4 Å². The highest BCUT2D eigenvalue weighted by Gasteiger charge is 2.12. The topological polar surface area (TPSA) is 49.3 Å². The molecule has 0 aliphatic carbocycles. The van der Waals surface area contributed by atoms with Crippen LogP contribution in [0.3, 0.4) is 0 Å². The molecule has 0 saturated heterocycles. The molecule has 0 fully saturated rings.